The Kier molecular flexibility index (Phi) is 4.32. The monoisotopic (exact) mass is 130 g/mol. The lowest BCUT2D eigenvalue weighted by Gasteiger charge is -2.07. The molecule has 0 radical (unpaired) electrons. The molecule has 0 aromatic heterocycles. The van der Waals surface area contributed by atoms with E-state index in [1.807, 2.05) is 13.8 Å². The summed E-state index contributed by atoms with van der Waals surface area (Å²) in [6, 6.07) is 0. The normalized spacial score (nSPS) is 13.2. The second-order valence-electron chi connectivity index (χ2n) is 2.17. The lowest BCUT2D eigenvalue weighted by atomic mass is 10.2. The van der Waals surface area contributed by atoms with Crippen LogP contribution in [0.3, 0.4) is 0 Å². The van der Waals surface area contributed by atoms with Gasteiger partial charge in [-0.05, 0) is 20.8 Å². The van der Waals surface area contributed by atoms with Gasteiger partial charge in [-0.3, -0.25) is 4.79 Å². The maximum absolute atomic E-state index is 10.4. The first-order chi connectivity index (χ1) is 4.16. The van der Waals surface area contributed by atoms with Gasteiger partial charge in [0.25, 0.3) is 0 Å². The molecule has 0 aromatic rings. The predicted octanol–water partition coefficient (Wildman–Crippen LogP) is 1.39. The molecule has 0 N–H and O–H groups in total. The first kappa shape index (κ1) is 8.63. The molecule has 0 bridgehead atoms. The molecule has 2 heteroatoms. The van der Waals surface area contributed by atoms with E-state index >= 15 is 0 Å². The highest BCUT2D eigenvalue weighted by atomic mass is 16.5. The summed E-state index contributed by atoms with van der Waals surface area (Å²) < 4.78 is 5.13. The molecule has 2 nitrogen and oxygen atoms in total. The van der Waals surface area contributed by atoms with Crippen LogP contribution in [-0.2, 0) is 9.53 Å². The molecule has 0 aliphatic rings. The third-order valence-corrected chi connectivity index (χ3v) is 1.03. The van der Waals surface area contributed by atoms with Crippen LogP contribution in [0.25, 0.3) is 0 Å². The van der Waals surface area contributed by atoms with Crippen molar-refractivity contribution in [3.63, 3.8) is 0 Å². The van der Waals surface area contributed by atoms with Gasteiger partial charge in [0.2, 0.25) is 0 Å². The van der Waals surface area contributed by atoms with Crippen molar-refractivity contribution in [1.82, 2.24) is 0 Å². The number of Topliss-reactive ketones (excluding diaryl/α,β-unsaturated/α-hetero) is 1. The van der Waals surface area contributed by atoms with Crippen LogP contribution in [0.15, 0.2) is 0 Å². The van der Waals surface area contributed by atoms with Crippen LogP contribution in [0.5, 0.6) is 0 Å². The third-order valence-electron chi connectivity index (χ3n) is 1.03. The van der Waals surface area contributed by atoms with Crippen molar-refractivity contribution in [2.75, 3.05) is 6.61 Å². The van der Waals surface area contributed by atoms with Crippen LogP contribution >= 0.6 is 0 Å². The summed E-state index contributed by atoms with van der Waals surface area (Å²) in [6.07, 6.45) is 0.626. The van der Waals surface area contributed by atoms with Gasteiger partial charge in [0.05, 0.1) is 6.10 Å². The fraction of sp³-hybridized carbons (Fsp3) is 0.857. The molecule has 0 spiro atoms. The minimum absolute atomic E-state index is 0.0903. The summed E-state index contributed by atoms with van der Waals surface area (Å²) >= 11 is 0. The first-order valence-corrected chi connectivity index (χ1v) is 3.27. The molecular formula is C7H14O2. The van der Waals surface area contributed by atoms with E-state index in [-0.39, 0.29) is 11.9 Å². The Balaban J connectivity index is 3.26. The zero-order valence-corrected chi connectivity index (χ0v) is 6.31. The van der Waals surface area contributed by atoms with Crippen molar-refractivity contribution >= 4 is 5.78 Å². The second kappa shape index (κ2) is 4.50. The van der Waals surface area contributed by atoms with Crippen LogP contribution in [0.4, 0.5) is 0 Å². The number of carbonyl (C=O) groups is 1. The highest BCUT2D eigenvalue weighted by Gasteiger charge is 2.02. The highest BCUT2D eigenvalue weighted by molar-refractivity contribution is 5.75. The zero-order valence-electron chi connectivity index (χ0n) is 6.31. The Hall–Kier alpha value is -0.370. The van der Waals surface area contributed by atoms with Crippen molar-refractivity contribution in [2.45, 2.75) is 33.3 Å². The molecule has 0 heterocycles. The second-order valence-corrected chi connectivity index (χ2v) is 2.17. The fourth-order valence-electron chi connectivity index (χ4n) is 0.748. The molecule has 9 heavy (non-hydrogen) atoms. The maximum atomic E-state index is 10.4. The Morgan fingerprint density at radius 2 is 2.22 bits per heavy atom. The molecular weight excluding hydrogens is 116 g/mol. The van der Waals surface area contributed by atoms with Gasteiger partial charge >= 0.3 is 0 Å². The summed E-state index contributed by atoms with van der Waals surface area (Å²) in [7, 11) is 0. The fourth-order valence-corrected chi connectivity index (χ4v) is 0.748. The van der Waals surface area contributed by atoms with E-state index in [2.05, 4.69) is 0 Å². The molecule has 0 saturated heterocycles. The number of carbonyl (C=O) groups excluding carboxylic acids is 1. The van der Waals surface area contributed by atoms with Crippen LogP contribution in [0.2, 0.25) is 0 Å². The summed E-state index contributed by atoms with van der Waals surface area (Å²) in [6.45, 7) is 6.10. The van der Waals surface area contributed by atoms with E-state index in [0.717, 1.165) is 0 Å². The van der Waals surface area contributed by atoms with Gasteiger partial charge in [-0.15, -0.1) is 0 Å². The van der Waals surface area contributed by atoms with Crippen molar-refractivity contribution in [2.24, 2.45) is 0 Å². The van der Waals surface area contributed by atoms with Gasteiger partial charge in [-0.1, -0.05) is 0 Å². The Labute approximate surface area is 56.2 Å². The van der Waals surface area contributed by atoms with Crippen molar-refractivity contribution in [3.05, 3.63) is 0 Å². The molecule has 0 amide bonds. The zero-order chi connectivity index (χ0) is 7.28. The van der Waals surface area contributed by atoms with E-state index in [1.165, 1.54) is 0 Å². The van der Waals surface area contributed by atoms with E-state index in [1.54, 1.807) is 6.92 Å². The Bertz CT molecular complexity index is 88.9. The minimum atomic E-state index is 0.0903. The highest BCUT2D eigenvalue weighted by Crippen LogP contribution is 1.96. The van der Waals surface area contributed by atoms with E-state index in [9.17, 15) is 4.79 Å². The average molecular weight is 130 g/mol. The standard InChI is InChI=1S/C7H14O2/c1-4-9-7(3)5-6(2)8/h7H,4-5H2,1-3H3. The lowest BCUT2D eigenvalue weighted by molar-refractivity contribution is -0.119. The van der Waals surface area contributed by atoms with Crippen LogP contribution in [0, 0.1) is 0 Å². The van der Waals surface area contributed by atoms with Crippen molar-refractivity contribution in [1.29, 1.82) is 0 Å². The number of hydrogen-bond donors (Lipinski definition) is 0. The van der Waals surface area contributed by atoms with Crippen molar-refractivity contribution in [3.8, 4) is 0 Å². The van der Waals surface area contributed by atoms with Gasteiger partial charge < -0.3 is 4.74 Å². The predicted molar refractivity (Wildman–Crippen MR) is 36.4 cm³/mol. The largest absolute Gasteiger partial charge is 0.378 e. The Morgan fingerprint density at radius 1 is 1.67 bits per heavy atom. The minimum Gasteiger partial charge on any atom is -0.378 e. The van der Waals surface area contributed by atoms with Crippen molar-refractivity contribution < 1.29 is 9.53 Å². The molecule has 1 unspecified atom stereocenters. The number of rotatable bonds is 4. The van der Waals surface area contributed by atoms with Crippen LogP contribution in [-0.4, -0.2) is 18.5 Å². The summed E-state index contributed by atoms with van der Waals surface area (Å²) in [5.74, 6) is 0.191. The molecule has 0 aromatic carbocycles. The number of ether oxygens (including phenoxy) is 1. The number of hydrogen-bond acceptors (Lipinski definition) is 2. The molecule has 0 saturated carbocycles. The van der Waals surface area contributed by atoms with Gasteiger partial charge in [-0.2, -0.15) is 0 Å². The van der Waals surface area contributed by atoms with Gasteiger partial charge in [0, 0.05) is 13.0 Å². The quantitative estimate of drug-likeness (QED) is 0.574. The maximum Gasteiger partial charge on any atom is 0.132 e. The molecule has 0 aliphatic heterocycles. The molecule has 54 valence electrons. The topological polar surface area (TPSA) is 26.3 Å². The smallest absolute Gasteiger partial charge is 0.132 e. The van der Waals surface area contributed by atoms with Gasteiger partial charge in [-0.25, -0.2) is 0 Å². The Morgan fingerprint density at radius 3 is 2.56 bits per heavy atom. The summed E-state index contributed by atoms with van der Waals surface area (Å²) in [5, 5.41) is 0. The number of ketones is 1. The van der Waals surface area contributed by atoms with E-state index in [0.29, 0.717) is 13.0 Å². The SMILES string of the molecule is CCOC(C)CC(C)=O. The average Bonchev–Trinajstić information content (AvgIpc) is 1.63. The molecule has 0 rings (SSSR count). The van der Waals surface area contributed by atoms with E-state index in [4.69, 9.17) is 4.74 Å². The van der Waals surface area contributed by atoms with Gasteiger partial charge in [0.15, 0.2) is 0 Å². The van der Waals surface area contributed by atoms with E-state index < -0.39 is 0 Å². The van der Waals surface area contributed by atoms with Crippen LogP contribution in [0.1, 0.15) is 27.2 Å². The molecule has 0 fully saturated rings. The van der Waals surface area contributed by atoms with Gasteiger partial charge in [0.1, 0.15) is 5.78 Å². The van der Waals surface area contributed by atoms with Crippen LogP contribution < -0.4 is 0 Å². The lowest BCUT2D eigenvalue weighted by Crippen LogP contribution is -2.11. The summed E-state index contributed by atoms with van der Waals surface area (Å²) in [4.78, 5) is 10.4. The molecule has 1 atom stereocenters. The summed E-state index contributed by atoms with van der Waals surface area (Å²) in [5.41, 5.74) is 0. The molecule has 0 aliphatic carbocycles. The third kappa shape index (κ3) is 5.50. The first-order valence-electron chi connectivity index (χ1n) is 3.27.